The summed E-state index contributed by atoms with van der Waals surface area (Å²) in [5.41, 5.74) is 0.818. The fourth-order valence-corrected chi connectivity index (χ4v) is 2.55. The lowest BCUT2D eigenvalue weighted by molar-refractivity contribution is 0.0749. The molecule has 0 N–H and O–H groups in total. The van der Waals surface area contributed by atoms with Gasteiger partial charge in [0.05, 0.1) is 0 Å². The highest BCUT2D eigenvalue weighted by Crippen LogP contribution is 2.12. The normalized spacial score (nSPS) is 10.6. The van der Waals surface area contributed by atoms with Crippen LogP contribution in [0.4, 0.5) is 0 Å². The largest absolute Gasteiger partial charge is 0.339 e. The van der Waals surface area contributed by atoms with Crippen LogP contribution >= 0.6 is 22.6 Å². The summed E-state index contributed by atoms with van der Waals surface area (Å²) in [7, 11) is 0. The average molecular weight is 387 g/mol. The van der Waals surface area contributed by atoms with Gasteiger partial charge in [0.15, 0.2) is 0 Å². The molecule has 1 amide bonds. The van der Waals surface area contributed by atoms with Crippen LogP contribution in [0.15, 0.2) is 24.3 Å². The first kappa shape index (κ1) is 17.5. The zero-order chi connectivity index (χ0) is 14.8. The molecule has 0 saturated heterocycles. The zero-order valence-electron chi connectivity index (χ0n) is 12.7. The molecule has 0 bridgehead atoms. The fourth-order valence-electron chi connectivity index (χ4n) is 2.20. The summed E-state index contributed by atoms with van der Waals surface area (Å²) in [6.07, 6.45) is 7.01. The van der Waals surface area contributed by atoms with Crippen molar-refractivity contribution in [2.45, 2.75) is 52.4 Å². The van der Waals surface area contributed by atoms with Crippen molar-refractivity contribution in [2.75, 3.05) is 13.1 Å². The first-order chi connectivity index (χ1) is 9.69. The van der Waals surface area contributed by atoms with Gasteiger partial charge < -0.3 is 4.90 Å². The van der Waals surface area contributed by atoms with Crippen molar-refractivity contribution < 1.29 is 4.79 Å². The predicted molar refractivity (Wildman–Crippen MR) is 94.1 cm³/mol. The molecule has 2 nitrogen and oxygen atoms in total. The molecule has 0 saturated carbocycles. The Morgan fingerprint density at radius 2 is 1.45 bits per heavy atom. The van der Waals surface area contributed by atoms with Crippen molar-refractivity contribution in [3.8, 4) is 0 Å². The number of nitrogens with zero attached hydrogens (tertiary/aromatic N) is 1. The van der Waals surface area contributed by atoms with E-state index in [4.69, 9.17) is 0 Å². The molecule has 1 aromatic rings. The number of unbranched alkanes of at least 4 members (excludes halogenated alkanes) is 4. The van der Waals surface area contributed by atoms with Gasteiger partial charge in [-0.25, -0.2) is 0 Å². The van der Waals surface area contributed by atoms with Crippen LogP contribution < -0.4 is 0 Å². The Bertz CT molecular complexity index is 378. The summed E-state index contributed by atoms with van der Waals surface area (Å²) >= 11 is 2.27. The van der Waals surface area contributed by atoms with Gasteiger partial charge in [0, 0.05) is 22.2 Å². The Morgan fingerprint density at radius 3 is 1.90 bits per heavy atom. The number of amides is 1. The Morgan fingerprint density at radius 1 is 0.950 bits per heavy atom. The number of carbonyl (C=O) groups is 1. The second-order valence-corrected chi connectivity index (χ2v) is 6.46. The number of hydrogen-bond acceptors (Lipinski definition) is 1. The molecule has 0 atom stereocenters. The van der Waals surface area contributed by atoms with Crippen molar-refractivity contribution in [1.82, 2.24) is 4.90 Å². The number of carbonyl (C=O) groups excluding carboxylic acids is 1. The van der Waals surface area contributed by atoms with E-state index in [1.165, 1.54) is 29.3 Å². The minimum atomic E-state index is 0.189. The molecule has 20 heavy (non-hydrogen) atoms. The third kappa shape index (κ3) is 6.25. The minimum Gasteiger partial charge on any atom is -0.339 e. The summed E-state index contributed by atoms with van der Waals surface area (Å²) in [6.45, 7) is 6.18. The topological polar surface area (TPSA) is 20.3 Å². The molecule has 0 spiro atoms. The van der Waals surface area contributed by atoms with E-state index in [-0.39, 0.29) is 5.91 Å². The van der Waals surface area contributed by atoms with Crippen molar-refractivity contribution in [3.05, 3.63) is 33.4 Å². The Balaban J connectivity index is 2.63. The smallest absolute Gasteiger partial charge is 0.253 e. The van der Waals surface area contributed by atoms with E-state index < -0.39 is 0 Å². The molecule has 112 valence electrons. The van der Waals surface area contributed by atoms with E-state index in [9.17, 15) is 4.79 Å². The third-order valence-electron chi connectivity index (χ3n) is 3.44. The second kappa shape index (κ2) is 10.2. The van der Waals surface area contributed by atoms with Crippen molar-refractivity contribution in [1.29, 1.82) is 0 Å². The van der Waals surface area contributed by atoms with Gasteiger partial charge in [0.25, 0.3) is 5.91 Å². The summed E-state index contributed by atoms with van der Waals surface area (Å²) in [5, 5.41) is 0. The van der Waals surface area contributed by atoms with Crippen LogP contribution in [0.25, 0.3) is 0 Å². The van der Waals surface area contributed by atoms with E-state index >= 15 is 0 Å². The Kier molecular flexibility index (Phi) is 8.90. The number of rotatable bonds is 9. The molecular formula is C17H26INO. The summed E-state index contributed by atoms with van der Waals surface area (Å²) in [5.74, 6) is 0.189. The molecule has 0 radical (unpaired) electrons. The molecular weight excluding hydrogens is 361 g/mol. The first-order valence-electron chi connectivity index (χ1n) is 7.73. The van der Waals surface area contributed by atoms with Gasteiger partial charge >= 0.3 is 0 Å². The highest BCUT2D eigenvalue weighted by molar-refractivity contribution is 14.1. The highest BCUT2D eigenvalue weighted by atomic mass is 127. The molecule has 0 aromatic heterocycles. The molecule has 1 aromatic carbocycles. The summed E-state index contributed by atoms with van der Waals surface area (Å²) < 4.78 is 1.17. The first-order valence-corrected chi connectivity index (χ1v) is 8.81. The predicted octanol–water partition coefficient (Wildman–Crippen LogP) is 5.11. The molecule has 3 heteroatoms. The van der Waals surface area contributed by atoms with Crippen molar-refractivity contribution >= 4 is 28.5 Å². The quantitative estimate of drug-likeness (QED) is 0.426. The standard InChI is InChI=1S/C17H26INO/c1-3-5-7-13-19(14-8-6-4-2)17(20)15-9-11-16(18)12-10-15/h9-12H,3-8,13-14H2,1-2H3. The van der Waals surface area contributed by atoms with E-state index in [1.54, 1.807) is 0 Å². The van der Waals surface area contributed by atoms with Gasteiger partial charge in [-0.15, -0.1) is 0 Å². The number of hydrogen-bond donors (Lipinski definition) is 0. The van der Waals surface area contributed by atoms with Crippen LogP contribution in [-0.2, 0) is 0 Å². The van der Waals surface area contributed by atoms with E-state index in [0.717, 1.165) is 31.5 Å². The van der Waals surface area contributed by atoms with Gasteiger partial charge in [-0.2, -0.15) is 0 Å². The van der Waals surface area contributed by atoms with Gasteiger partial charge in [-0.3, -0.25) is 4.79 Å². The fraction of sp³-hybridized carbons (Fsp3) is 0.588. The Labute approximate surface area is 137 Å². The lowest BCUT2D eigenvalue weighted by Gasteiger charge is -2.23. The Hall–Kier alpha value is -0.580. The molecule has 0 unspecified atom stereocenters. The van der Waals surface area contributed by atoms with Crippen LogP contribution in [-0.4, -0.2) is 23.9 Å². The minimum absolute atomic E-state index is 0.189. The SMILES string of the molecule is CCCCCN(CCCCC)C(=O)c1ccc(I)cc1. The van der Waals surface area contributed by atoms with Crippen LogP contribution in [0.2, 0.25) is 0 Å². The summed E-state index contributed by atoms with van der Waals surface area (Å²) in [4.78, 5) is 14.6. The monoisotopic (exact) mass is 387 g/mol. The third-order valence-corrected chi connectivity index (χ3v) is 4.16. The van der Waals surface area contributed by atoms with Crippen LogP contribution in [0, 0.1) is 3.57 Å². The average Bonchev–Trinajstić information content (AvgIpc) is 2.46. The van der Waals surface area contributed by atoms with E-state index in [0.29, 0.717) is 0 Å². The zero-order valence-corrected chi connectivity index (χ0v) is 14.9. The van der Waals surface area contributed by atoms with E-state index in [2.05, 4.69) is 36.4 Å². The van der Waals surface area contributed by atoms with Crippen molar-refractivity contribution in [2.24, 2.45) is 0 Å². The molecule has 0 heterocycles. The van der Waals surface area contributed by atoms with E-state index in [1.807, 2.05) is 29.2 Å². The molecule has 0 fully saturated rings. The number of benzene rings is 1. The lowest BCUT2D eigenvalue weighted by Crippen LogP contribution is -2.33. The maximum atomic E-state index is 12.6. The molecule has 0 aliphatic carbocycles. The maximum Gasteiger partial charge on any atom is 0.253 e. The van der Waals surface area contributed by atoms with Crippen LogP contribution in [0.1, 0.15) is 62.7 Å². The maximum absolute atomic E-state index is 12.6. The number of halogens is 1. The van der Waals surface area contributed by atoms with Gasteiger partial charge in [0.1, 0.15) is 0 Å². The van der Waals surface area contributed by atoms with Gasteiger partial charge in [-0.1, -0.05) is 39.5 Å². The summed E-state index contributed by atoms with van der Waals surface area (Å²) in [6, 6.07) is 7.89. The van der Waals surface area contributed by atoms with Gasteiger partial charge in [-0.05, 0) is 59.7 Å². The highest BCUT2D eigenvalue weighted by Gasteiger charge is 2.14. The molecule has 0 aliphatic heterocycles. The molecule has 0 aliphatic rings. The van der Waals surface area contributed by atoms with Crippen LogP contribution in [0.3, 0.4) is 0 Å². The van der Waals surface area contributed by atoms with Gasteiger partial charge in [0.2, 0.25) is 0 Å². The molecule has 1 rings (SSSR count). The lowest BCUT2D eigenvalue weighted by atomic mass is 10.1. The van der Waals surface area contributed by atoms with Crippen LogP contribution in [0.5, 0.6) is 0 Å². The van der Waals surface area contributed by atoms with Crippen molar-refractivity contribution in [3.63, 3.8) is 0 Å². The second-order valence-electron chi connectivity index (χ2n) is 5.21.